The van der Waals surface area contributed by atoms with Crippen molar-refractivity contribution in [1.82, 2.24) is 24.5 Å². The number of rotatable bonds is 4. The molecule has 1 aliphatic rings. The van der Waals surface area contributed by atoms with E-state index in [4.69, 9.17) is 9.15 Å². The molecule has 9 nitrogen and oxygen atoms in total. The number of halogens is 3. The number of aromatic nitrogens is 4. The molecule has 1 aliphatic heterocycles. The predicted octanol–water partition coefficient (Wildman–Crippen LogP) is 2.82. The quantitative estimate of drug-likeness (QED) is 0.578. The summed E-state index contributed by atoms with van der Waals surface area (Å²) in [6, 6.07) is 3.78. The summed E-state index contributed by atoms with van der Waals surface area (Å²) >= 11 is 0. The summed E-state index contributed by atoms with van der Waals surface area (Å²) in [6.07, 6.45) is -2.65. The molecule has 1 fully saturated rings. The highest BCUT2D eigenvalue weighted by Crippen LogP contribution is 2.32. The zero-order valence-corrected chi connectivity index (χ0v) is 16.4. The Morgan fingerprint density at radius 1 is 1.26 bits per heavy atom. The molecule has 4 rings (SSSR count). The number of carbonyl (C=O) groups is 2. The van der Waals surface area contributed by atoms with Crippen LogP contribution < -0.4 is 0 Å². The van der Waals surface area contributed by atoms with Crippen LogP contribution in [-0.4, -0.2) is 56.1 Å². The fraction of sp³-hybridized carbons (Fsp3) is 0.421. The van der Waals surface area contributed by atoms with E-state index in [0.29, 0.717) is 17.4 Å². The third-order valence-electron chi connectivity index (χ3n) is 4.97. The van der Waals surface area contributed by atoms with Gasteiger partial charge in [0.25, 0.3) is 11.7 Å². The molecule has 1 saturated heterocycles. The lowest BCUT2D eigenvalue weighted by Crippen LogP contribution is -2.41. The van der Waals surface area contributed by atoms with Crippen molar-refractivity contribution >= 4 is 17.7 Å². The molecule has 0 N–H and O–H groups in total. The van der Waals surface area contributed by atoms with Gasteiger partial charge in [0.2, 0.25) is 5.82 Å². The Bertz CT molecular complexity index is 1100. The van der Waals surface area contributed by atoms with Crippen molar-refractivity contribution in [3.8, 4) is 11.5 Å². The second kappa shape index (κ2) is 8.00. The van der Waals surface area contributed by atoms with Crippen LogP contribution in [0.1, 0.15) is 36.1 Å². The Labute approximate surface area is 173 Å². The number of piperidine rings is 1. The normalized spacial score (nSPS) is 15.4. The van der Waals surface area contributed by atoms with E-state index in [1.54, 1.807) is 6.92 Å². The zero-order chi connectivity index (χ0) is 22.2. The van der Waals surface area contributed by atoms with Gasteiger partial charge in [-0.1, -0.05) is 0 Å². The van der Waals surface area contributed by atoms with Crippen molar-refractivity contribution in [3.63, 3.8) is 0 Å². The van der Waals surface area contributed by atoms with Gasteiger partial charge in [-0.15, -0.1) is 5.10 Å². The van der Waals surface area contributed by atoms with Crippen molar-refractivity contribution < 1.29 is 31.9 Å². The maximum atomic E-state index is 13.6. The largest absolute Gasteiger partial charge is 0.466 e. The summed E-state index contributed by atoms with van der Waals surface area (Å²) < 4.78 is 51.4. The Hall–Kier alpha value is -3.44. The molecular formula is C19H18F3N5O4. The van der Waals surface area contributed by atoms with Crippen LogP contribution in [0.5, 0.6) is 0 Å². The van der Waals surface area contributed by atoms with Gasteiger partial charge >= 0.3 is 12.1 Å². The number of fused-ring (bicyclic) bond motifs is 1. The van der Waals surface area contributed by atoms with Crippen molar-refractivity contribution in [2.45, 2.75) is 25.9 Å². The Morgan fingerprint density at radius 3 is 2.61 bits per heavy atom. The van der Waals surface area contributed by atoms with Gasteiger partial charge in [-0.2, -0.15) is 22.7 Å². The molecule has 4 heterocycles. The van der Waals surface area contributed by atoms with Crippen LogP contribution in [0, 0.1) is 5.92 Å². The van der Waals surface area contributed by atoms with Crippen LogP contribution in [0.3, 0.4) is 0 Å². The van der Waals surface area contributed by atoms with Gasteiger partial charge in [-0.25, -0.2) is 4.98 Å². The summed E-state index contributed by atoms with van der Waals surface area (Å²) in [4.78, 5) is 34.0. The third kappa shape index (κ3) is 4.09. The van der Waals surface area contributed by atoms with Crippen molar-refractivity contribution in [2.75, 3.05) is 19.7 Å². The SMILES string of the molecule is CCOC(=O)C1CCN(C(=O)c2nc3nc(-c4ccco4)cc(C(F)(F)F)n3n2)CC1. The molecule has 0 atom stereocenters. The highest BCUT2D eigenvalue weighted by atomic mass is 19.4. The standard InChI is InChI=1S/C19H18F3N5O4/c1-2-30-17(29)11-5-7-26(8-6-11)16(28)15-24-18-23-12(13-4-3-9-31-13)10-14(19(20,21)22)27(18)25-15/h3-4,9-11H,2,5-8H2,1H3. The van der Waals surface area contributed by atoms with Crippen LogP contribution in [0.2, 0.25) is 0 Å². The minimum atomic E-state index is -4.76. The molecule has 0 aromatic carbocycles. The number of esters is 1. The maximum absolute atomic E-state index is 13.6. The molecule has 3 aromatic heterocycles. The molecule has 0 bridgehead atoms. The molecule has 12 heteroatoms. The zero-order valence-electron chi connectivity index (χ0n) is 16.4. The van der Waals surface area contributed by atoms with Crippen LogP contribution in [-0.2, 0) is 15.7 Å². The molecule has 0 spiro atoms. The molecule has 164 valence electrons. The van der Waals surface area contributed by atoms with Crippen molar-refractivity contribution in [2.24, 2.45) is 5.92 Å². The first-order valence-corrected chi connectivity index (χ1v) is 9.62. The second-order valence-electron chi connectivity index (χ2n) is 6.97. The van der Waals surface area contributed by atoms with Crippen LogP contribution >= 0.6 is 0 Å². The van der Waals surface area contributed by atoms with Gasteiger partial charge < -0.3 is 14.1 Å². The summed E-state index contributed by atoms with van der Waals surface area (Å²) in [7, 11) is 0. The number of nitrogens with zero attached hydrogens (tertiary/aromatic N) is 5. The van der Waals surface area contributed by atoms with Gasteiger partial charge in [0.1, 0.15) is 5.69 Å². The average Bonchev–Trinajstić information content (AvgIpc) is 3.42. The predicted molar refractivity (Wildman–Crippen MR) is 98.7 cm³/mol. The van der Waals surface area contributed by atoms with E-state index < -0.39 is 23.6 Å². The number of furan rings is 1. The van der Waals surface area contributed by atoms with E-state index >= 15 is 0 Å². The van der Waals surface area contributed by atoms with Gasteiger partial charge in [-0.05, 0) is 38.0 Å². The van der Waals surface area contributed by atoms with Crippen molar-refractivity contribution in [1.29, 1.82) is 0 Å². The molecule has 0 aliphatic carbocycles. The number of amides is 1. The fourth-order valence-electron chi connectivity index (χ4n) is 3.43. The van der Waals surface area contributed by atoms with E-state index in [0.717, 1.165) is 6.07 Å². The molecular weight excluding hydrogens is 419 g/mol. The Morgan fingerprint density at radius 2 is 2.00 bits per heavy atom. The summed E-state index contributed by atoms with van der Waals surface area (Å²) in [6.45, 7) is 2.48. The summed E-state index contributed by atoms with van der Waals surface area (Å²) in [5.41, 5.74) is -1.21. The maximum Gasteiger partial charge on any atom is 0.433 e. The minimum absolute atomic E-state index is 0.0773. The van der Waals surface area contributed by atoms with Crippen LogP contribution in [0.25, 0.3) is 17.2 Å². The first-order valence-electron chi connectivity index (χ1n) is 9.62. The van der Waals surface area contributed by atoms with E-state index in [1.807, 2.05) is 0 Å². The first-order chi connectivity index (χ1) is 14.8. The van der Waals surface area contributed by atoms with Gasteiger partial charge in [-0.3, -0.25) is 9.59 Å². The topological polar surface area (TPSA) is 103 Å². The smallest absolute Gasteiger partial charge is 0.433 e. The number of hydrogen-bond donors (Lipinski definition) is 0. The van der Waals surface area contributed by atoms with Crippen molar-refractivity contribution in [3.05, 3.63) is 36.0 Å². The summed E-state index contributed by atoms with van der Waals surface area (Å²) in [5.74, 6) is -1.89. The molecule has 0 unspecified atom stereocenters. The molecule has 1 amide bonds. The molecule has 3 aromatic rings. The highest BCUT2D eigenvalue weighted by molar-refractivity contribution is 5.91. The average molecular weight is 437 g/mol. The van der Waals surface area contributed by atoms with Gasteiger partial charge in [0.15, 0.2) is 11.5 Å². The van der Waals surface area contributed by atoms with E-state index in [-0.39, 0.29) is 48.8 Å². The Kier molecular flexibility index (Phi) is 5.38. The number of carbonyl (C=O) groups excluding carboxylic acids is 2. The number of ether oxygens (including phenoxy) is 1. The monoisotopic (exact) mass is 437 g/mol. The lowest BCUT2D eigenvalue weighted by molar-refractivity contribution is -0.149. The number of likely N-dealkylation sites (tertiary alicyclic amines) is 1. The van der Waals surface area contributed by atoms with Crippen LogP contribution in [0.15, 0.2) is 28.9 Å². The van der Waals surface area contributed by atoms with E-state index in [1.165, 1.54) is 23.3 Å². The number of hydrogen-bond acceptors (Lipinski definition) is 7. The molecule has 0 radical (unpaired) electrons. The van der Waals surface area contributed by atoms with Gasteiger partial charge in [0.05, 0.1) is 18.8 Å². The molecule has 0 saturated carbocycles. The lowest BCUT2D eigenvalue weighted by atomic mass is 9.97. The number of alkyl halides is 3. The van der Waals surface area contributed by atoms with Crippen LogP contribution in [0.4, 0.5) is 13.2 Å². The first kappa shape index (κ1) is 20.8. The van der Waals surface area contributed by atoms with E-state index in [2.05, 4.69) is 15.1 Å². The minimum Gasteiger partial charge on any atom is -0.466 e. The fourth-order valence-corrected chi connectivity index (χ4v) is 3.43. The Balaban J connectivity index is 1.62. The second-order valence-corrected chi connectivity index (χ2v) is 6.97. The van der Waals surface area contributed by atoms with E-state index in [9.17, 15) is 22.8 Å². The van der Waals surface area contributed by atoms with Gasteiger partial charge in [0, 0.05) is 13.1 Å². The highest BCUT2D eigenvalue weighted by Gasteiger charge is 2.37. The third-order valence-corrected chi connectivity index (χ3v) is 4.97. The summed E-state index contributed by atoms with van der Waals surface area (Å²) in [5, 5.41) is 3.77. The molecule has 31 heavy (non-hydrogen) atoms. The lowest BCUT2D eigenvalue weighted by Gasteiger charge is -2.30.